The summed E-state index contributed by atoms with van der Waals surface area (Å²) in [6, 6.07) is 24.0. The van der Waals surface area contributed by atoms with Crippen molar-refractivity contribution in [3.8, 4) is 5.75 Å². The largest absolute Gasteiger partial charge is 0.490 e. The van der Waals surface area contributed by atoms with Crippen LogP contribution in [0.3, 0.4) is 0 Å². The van der Waals surface area contributed by atoms with Crippen LogP contribution >= 0.6 is 12.4 Å². The zero-order valence-electron chi connectivity index (χ0n) is 19.7. The van der Waals surface area contributed by atoms with Crippen molar-refractivity contribution in [3.63, 3.8) is 0 Å². The van der Waals surface area contributed by atoms with Crippen molar-refractivity contribution in [1.82, 2.24) is 4.90 Å². The van der Waals surface area contributed by atoms with Crippen LogP contribution < -0.4 is 9.64 Å². The van der Waals surface area contributed by atoms with Gasteiger partial charge in [-0.1, -0.05) is 54.6 Å². The number of nitrogens with zero attached hydrogens (tertiary/aromatic N) is 2. The number of β-amino-alcohol motifs (C(OH)–C–C–N with tert-alkyl or cyclic N) is 1. The molecule has 5 nitrogen and oxygen atoms in total. The molecule has 0 amide bonds. The highest BCUT2D eigenvalue weighted by atomic mass is 35.5. The van der Waals surface area contributed by atoms with Crippen LogP contribution in [0.15, 0.2) is 78.9 Å². The van der Waals surface area contributed by atoms with Crippen molar-refractivity contribution in [1.29, 1.82) is 0 Å². The Hall–Kier alpha value is -2.93. The molecule has 1 fully saturated rings. The molecule has 0 radical (unpaired) electrons. The standard InChI is InChI=1S/C28H31FN2O3.ClH/c29-25-11-5-6-12-26(25)31-18-16-30(17-19-31)20-23(32)21-34-28-13-7-4-10-24(28)27(33)15-14-22-8-2-1-3-9-22;/h1-13,23,32H,14-21H2;1H. The summed E-state index contributed by atoms with van der Waals surface area (Å²) in [5.74, 6) is 0.323. The third-order valence-electron chi connectivity index (χ3n) is 6.14. The molecule has 0 aromatic heterocycles. The van der Waals surface area contributed by atoms with Gasteiger partial charge >= 0.3 is 0 Å². The average Bonchev–Trinajstić information content (AvgIpc) is 2.88. The second-order valence-electron chi connectivity index (χ2n) is 8.61. The second kappa shape index (κ2) is 13.2. The number of aliphatic hydroxyl groups excluding tert-OH is 1. The maximum atomic E-state index is 14.0. The van der Waals surface area contributed by atoms with Crippen LogP contribution in [0.5, 0.6) is 5.75 Å². The number of para-hydroxylation sites is 2. The normalized spacial score (nSPS) is 14.7. The second-order valence-corrected chi connectivity index (χ2v) is 8.61. The molecule has 1 heterocycles. The molecule has 3 aromatic carbocycles. The molecule has 186 valence electrons. The van der Waals surface area contributed by atoms with Gasteiger partial charge < -0.3 is 14.7 Å². The Labute approximate surface area is 212 Å². The van der Waals surface area contributed by atoms with E-state index in [0.717, 1.165) is 18.7 Å². The third kappa shape index (κ3) is 7.52. The number of aliphatic hydroxyl groups is 1. The van der Waals surface area contributed by atoms with Crippen molar-refractivity contribution in [2.45, 2.75) is 18.9 Å². The molecule has 0 bridgehead atoms. The summed E-state index contributed by atoms with van der Waals surface area (Å²) < 4.78 is 19.9. The number of anilines is 1. The highest BCUT2D eigenvalue weighted by Gasteiger charge is 2.22. The maximum absolute atomic E-state index is 14.0. The molecule has 1 aliphatic rings. The van der Waals surface area contributed by atoms with E-state index in [9.17, 15) is 14.3 Å². The van der Waals surface area contributed by atoms with Crippen molar-refractivity contribution in [2.24, 2.45) is 0 Å². The Bertz CT molecular complexity index is 1070. The Kier molecular flexibility index (Phi) is 10.1. The molecule has 4 rings (SSSR count). The molecular weight excluding hydrogens is 467 g/mol. The van der Waals surface area contributed by atoms with E-state index in [-0.39, 0.29) is 30.6 Å². The molecule has 7 heteroatoms. The quantitative estimate of drug-likeness (QED) is 0.413. The van der Waals surface area contributed by atoms with Gasteiger partial charge in [0.25, 0.3) is 0 Å². The summed E-state index contributed by atoms with van der Waals surface area (Å²) in [5.41, 5.74) is 2.29. The first kappa shape index (κ1) is 26.7. The van der Waals surface area contributed by atoms with Gasteiger partial charge in [0.15, 0.2) is 5.78 Å². The van der Waals surface area contributed by atoms with E-state index in [4.69, 9.17) is 4.74 Å². The van der Waals surface area contributed by atoms with E-state index in [1.165, 1.54) is 6.07 Å². The molecular formula is C28H32ClFN2O3. The number of carbonyl (C=O) groups is 1. The van der Waals surface area contributed by atoms with Crippen LogP contribution in [0.4, 0.5) is 10.1 Å². The predicted octanol–water partition coefficient (Wildman–Crippen LogP) is 4.62. The SMILES string of the molecule is Cl.O=C(CCc1ccccc1)c1ccccc1OCC(O)CN1CCN(c2ccccc2F)CC1. The number of ketones is 1. The molecule has 1 aliphatic heterocycles. The summed E-state index contributed by atoms with van der Waals surface area (Å²) >= 11 is 0. The van der Waals surface area contributed by atoms with Crippen LogP contribution in [0.1, 0.15) is 22.3 Å². The van der Waals surface area contributed by atoms with E-state index in [2.05, 4.69) is 4.90 Å². The zero-order valence-corrected chi connectivity index (χ0v) is 20.5. The fraction of sp³-hybridized carbons (Fsp3) is 0.321. The number of carbonyl (C=O) groups excluding carboxylic acids is 1. The molecule has 1 atom stereocenters. The summed E-state index contributed by atoms with van der Waals surface area (Å²) in [4.78, 5) is 17.0. The predicted molar refractivity (Wildman–Crippen MR) is 139 cm³/mol. The van der Waals surface area contributed by atoms with Gasteiger partial charge in [0.05, 0.1) is 11.3 Å². The van der Waals surface area contributed by atoms with Crippen LogP contribution in [0, 0.1) is 5.82 Å². The van der Waals surface area contributed by atoms with Crippen molar-refractivity contribution >= 4 is 23.9 Å². The Balaban J connectivity index is 0.00000342. The van der Waals surface area contributed by atoms with Gasteiger partial charge in [-0.2, -0.15) is 0 Å². The number of hydrogen-bond donors (Lipinski definition) is 1. The molecule has 1 N–H and O–H groups in total. The maximum Gasteiger partial charge on any atom is 0.166 e. The summed E-state index contributed by atoms with van der Waals surface area (Å²) in [6.45, 7) is 3.45. The smallest absolute Gasteiger partial charge is 0.166 e. The Morgan fingerprint density at radius 2 is 1.57 bits per heavy atom. The molecule has 0 spiro atoms. The number of hydrogen-bond acceptors (Lipinski definition) is 5. The summed E-state index contributed by atoms with van der Waals surface area (Å²) in [6.07, 6.45) is 0.391. The number of rotatable bonds is 10. The number of aryl methyl sites for hydroxylation is 1. The fourth-order valence-corrected chi connectivity index (χ4v) is 4.28. The van der Waals surface area contributed by atoms with Crippen LogP contribution in [-0.4, -0.2) is 61.2 Å². The number of ether oxygens (including phenoxy) is 1. The van der Waals surface area contributed by atoms with Crippen LogP contribution in [0.2, 0.25) is 0 Å². The monoisotopic (exact) mass is 498 g/mol. The number of halogens is 2. The molecule has 0 saturated carbocycles. The topological polar surface area (TPSA) is 53.0 Å². The van der Waals surface area contributed by atoms with Gasteiger partial charge in [0.1, 0.15) is 24.3 Å². The highest BCUT2D eigenvalue weighted by molar-refractivity contribution is 5.98. The number of Topliss-reactive ketones (excluding diaryl/α,β-unsaturated/α-hetero) is 1. The Morgan fingerprint density at radius 3 is 2.31 bits per heavy atom. The van der Waals surface area contributed by atoms with Gasteiger partial charge in [0, 0.05) is 39.1 Å². The van der Waals surface area contributed by atoms with E-state index in [0.29, 0.717) is 49.5 Å². The fourth-order valence-electron chi connectivity index (χ4n) is 4.28. The first-order valence-electron chi connectivity index (χ1n) is 11.8. The lowest BCUT2D eigenvalue weighted by Crippen LogP contribution is -2.49. The van der Waals surface area contributed by atoms with Crippen LogP contribution in [-0.2, 0) is 6.42 Å². The van der Waals surface area contributed by atoms with Gasteiger partial charge in [-0.15, -0.1) is 12.4 Å². The number of benzene rings is 3. The molecule has 1 unspecified atom stereocenters. The zero-order chi connectivity index (χ0) is 23.8. The molecule has 1 saturated heterocycles. The minimum Gasteiger partial charge on any atom is -0.490 e. The summed E-state index contributed by atoms with van der Waals surface area (Å²) in [7, 11) is 0. The lowest BCUT2D eigenvalue weighted by Gasteiger charge is -2.37. The van der Waals surface area contributed by atoms with E-state index in [1.54, 1.807) is 24.3 Å². The molecule has 3 aromatic rings. The first-order valence-corrected chi connectivity index (χ1v) is 11.8. The van der Waals surface area contributed by atoms with Crippen molar-refractivity contribution in [3.05, 3.63) is 95.8 Å². The third-order valence-corrected chi connectivity index (χ3v) is 6.14. The Morgan fingerprint density at radius 1 is 0.914 bits per heavy atom. The first-order chi connectivity index (χ1) is 16.6. The lowest BCUT2D eigenvalue weighted by atomic mass is 10.0. The van der Waals surface area contributed by atoms with Crippen LogP contribution in [0.25, 0.3) is 0 Å². The van der Waals surface area contributed by atoms with Gasteiger partial charge in [0.2, 0.25) is 0 Å². The number of piperazine rings is 1. The van der Waals surface area contributed by atoms with Crippen molar-refractivity contribution in [2.75, 3.05) is 44.2 Å². The van der Waals surface area contributed by atoms with Gasteiger partial charge in [-0.05, 0) is 36.2 Å². The van der Waals surface area contributed by atoms with E-state index >= 15 is 0 Å². The minimum atomic E-state index is -0.688. The average molecular weight is 499 g/mol. The van der Waals surface area contributed by atoms with Gasteiger partial charge in [-0.3, -0.25) is 9.69 Å². The van der Waals surface area contributed by atoms with E-state index in [1.807, 2.05) is 53.4 Å². The van der Waals surface area contributed by atoms with Crippen molar-refractivity contribution < 1.29 is 19.0 Å². The highest BCUT2D eigenvalue weighted by Crippen LogP contribution is 2.22. The summed E-state index contributed by atoms with van der Waals surface area (Å²) in [5, 5.41) is 10.5. The minimum absolute atomic E-state index is 0. The molecule has 35 heavy (non-hydrogen) atoms. The van der Waals surface area contributed by atoms with E-state index < -0.39 is 6.10 Å². The molecule has 0 aliphatic carbocycles. The van der Waals surface area contributed by atoms with Gasteiger partial charge in [-0.25, -0.2) is 4.39 Å². The lowest BCUT2D eigenvalue weighted by molar-refractivity contribution is 0.0655.